The molecule has 1 aromatic carbocycles. The van der Waals surface area contributed by atoms with E-state index in [2.05, 4.69) is 17.5 Å². The van der Waals surface area contributed by atoms with Crippen molar-refractivity contribution in [2.75, 3.05) is 19.5 Å². The van der Waals surface area contributed by atoms with Gasteiger partial charge in [-0.1, -0.05) is 23.8 Å². The smallest absolute Gasteiger partial charge is 0.228 e. The minimum Gasteiger partial charge on any atom is -0.495 e. The molecule has 0 aliphatic heterocycles. The van der Waals surface area contributed by atoms with E-state index in [1.807, 2.05) is 0 Å². The number of allylic oxidation sites excluding steroid dienone is 2. The van der Waals surface area contributed by atoms with E-state index >= 15 is 0 Å². The number of halogens is 1. The second-order valence-electron chi connectivity index (χ2n) is 5.56. The molecular weight excluding hydrogens is 290 g/mol. The number of ether oxygens (including phenoxy) is 2. The first-order valence-corrected chi connectivity index (χ1v) is 7.41. The number of benzene rings is 1. The predicted molar refractivity (Wildman–Crippen MR) is 82.0 cm³/mol. The number of nitrogens with one attached hydrogen (secondary N) is 1. The third-order valence-electron chi connectivity index (χ3n) is 4.35. The molecule has 2 aliphatic carbocycles. The maximum absolute atomic E-state index is 12.5. The Morgan fingerprint density at radius 1 is 1.19 bits per heavy atom. The zero-order valence-electron chi connectivity index (χ0n) is 12.1. The molecule has 0 heterocycles. The van der Waals surface area contributed by atoms with Crippen LogP contribution in [0.4, 0.5) is 5.69 Å². The zero-order chi connectivity index (χ0) is 15.0. The maximum atomic E-state index is 12.5. The van der Waals surface area contributed by atoms with E-state index < -0.39 is 0 Å². The van der Waals surface area contributed by atoms with Gasteiger partial charge in [-0.25, -0.2) is 0 Å². The van der Waals surface area contributed by atoms with Crippen molar-refractivity contribution in [1.82, 2.24) is 0 Å². The summed E-state index contributed by atoms with van der Waals surface area (Å²) < 4.78 is 10.5. The number of carbonyl (C=O) groups excluding carboxylic acids is 1. The van der Waals surface area contributed by atoms with Crippen LogP contribution in [0.15, 0.2) is 24.3 Å². The second-order valence-corrected chi connectivity index (χ2v) is 5.97. The summed E-state index contributed by atoms with van der Waals surface area (Å²) in [5, 5.41) is 3.39. The molecule has 1 aromatic rings. The molecule has 2 bridgehead atoms. The van der Waals surface area contributed by atoms with Gasteiger partial charge in [-0.3, -0.25) is 4.79 Å². The molecule has 0 aromatic heterocycles. The quantitative estimate of drug-likeness (QED) is 0.866. The molecule has 112 valence electrons. The summed E-state index contributed by atoms with van der Waals surface area (Å²) in [4.78, 5) is 12.5. The largest absolute Gasteiger partial charge is 0.495 e. The van der Waals surface area contributed by atoms with Gasteiger partial charge in [0.1, 0.15) is 11.5 Å². The number of hydrogen-bond acceptors (Lipinski definition) is 3. The molecule has 4 nitrogen and oxygen atoms in total. The van der Waals surface area contributed by atoms with Gasteiger partial charge in [0.2, 0.25) is 5.91 Å². The fourth-order valence-electron chi connectivity index (χ4n) is 3.27. The van der Waals surface area contributed by atoms with Gasteiger partial charge in [0.15, 0.2) is 0 Å². The molecule has 1 saturated carbocycles. The van der Waals surface area contributed by atoms with E-state index in [0.29, 0.717) is 34.0 Å². The standard InChI is InChI=1S/C16H18ClNO3/c1-20-14-8-15(21-2)13(7-12(14)17)18-16(19)11-6-9-3-4-10(11)5-9/h3-4,7-11H,5-6H2,1-2H3,(H,18,19). The lowest BCUT2D eigenvalue weighted by molar-refractivity contribution is -0.120. The molecular formula is C16H18ClNO3. The molecule has 0 saturated heterocycles. The minimum absolute atomic E-state index is 0.0337. The van der Waals surface area contributed by atoms with Crippen molar-refractivity contribution in [3.63, 3.8) is 0 Å². The van der Waals surface area contributed by atoms with E-state index in [1.54, 1.807) is 26.4 Å². The van der Waals surface area contributed by atoms with Crippen molar-refractivity contribution in [2.45, 2.75) is 12.8 Å². The van der Waals surface area contributed by atoms with Crippen molar-refractivity contribution in [1.29, 1.82) is 0 Å². The van der Waals surface area contributed by atoms with Crippen molar-refractivity contribution in [3.05, 3.63) is 29.3 Å². The van der Waals surface area contributed by atoms with Crippen LogP contribution in [0.3, 0.4) is 0 Å². The van der Waals surface area contributed by atoms with Crippen LogP contribution in [0.25, 0.3) is 0 Å². The first kappa shape index (κ1) is 14.3. The van der Waals surface area contributed by atoms with Gasteiger partial charge in [-0.15, -0.1) is 0 Å². The first-order chi connectivity index (χ1) is 10.1. The second kappa shape index (κ2) is 5.60. The molecule has 3 atom stereocenters. The topological polar surface area (TPSA) is 47.6 Å². The predicted octanol–water partition coefficient (Wildman–Crippen LogP) is 3.51. The van der Waals surface area contributed by atoms with E-state index in [-0.39, 0.29) is 11.8 Å². The van der Waals surface area contributed by atoms with Crippen LogP contribution in [-0.4, -0.2) is 20.1 Å². The molecule has 1 amide bonds. The van der Waals surface area contributed by atoms with Crippen LogP contribution < -0.4 is 14.8 Å². The number of rotatable bonds is 4. The fourth-order valence-corrected chi connectivity index (χ4v) is 3.51. The number of fused-ring (bicyclic) bond motifs is 2. The molecule has 3 rings (SSSR count). The number of hydrogen-bond donors (Lipinski definition) is 1. The average Bonchev–Trinajstić information content (AvgIpc) is 3.10. The van der Waals surface area contributed by atoms with Gasteiger partial charge < -0.3 is 14.8 Å². The Morgan fingerprint density at radius 3 is 2.52 bits per heavy atom. The highest BCUT2D eigenvalue weighted by molar-refractivity contribution is 6.32. The number of anilines is 1. The molecule has 1 N–H and O–H groups in total. The number of carbonyl (C=O) groups is 1. The molecule has 0 spiro atoms. The summed E-state index contributed by atoms with van der Waals surface area (Å²) in [6.45, 7) is 0. The van der Waals surface area contributed by atoms with Gasteiger partial charge in [0.25, 0.3) is 0 Å². The Morgan fingerprint density at radius 2 is 1.95 bits per heavy atom. The number of amides is 1. The van der Waals surface area contributed by atoms with Gasteiger partial charge in [0.05, 0.1) is 24.9 Å². The van der Waals surface area contributed by atoms with Crippen LogP contribution in [0.5, 0.6) is 11.5 Å². The van der Waals surface area contributed by atoms with Crippen LogP contribution >= 0.6 is 11.6 Å². The lowest BCUT2D eigenvalue weighted by atomic mass is 9.93. The normalized spacial score (nSPS) is 26.0. The van der Waals surface area contributed by atoms with Gasteiger partial charge in [0, 0.05) is 12.0 Å². The molecule has 1 fully saturated rings. The summed E-state index contributed by atoms with van der Waals surface area (Å²) in [6, 6.07) is 3.35. The Kier molecular flexibility index (Phi) is 3.81. The van der Waals surface area contributed by atoms with Crippen molar-refractivity contribution < 1.29 is 14.3 Å². The van der Waals surface area contributed by atoms with Gasteiger partial charge in [-0.05, 0) is 30.7 Å². The maximum Gasteiger partial charge on any atom is 0.228 e. The summed E-state index contributed by atoms with van der Waals surface area (Å²) in [5.41, 5.74) is 0.583. The van der Waals surface area contributed by atoms with Crippen molar-refractivity contribution in [3.8, 4) is 11.5 Å². The summed E-state index contributed by atoms with van der Waals surface area (Å²) in [7, 11) is 3.10. The highest BCUT2D eigenvalue weighted by Crippen LogP contribution is 2.44. The summed E-state index contributed by atoms with van der Waals surface area (Å²) >= 11 is 6.12. The first-order valence-electron chi connectivity index (χ1n) is 7.03. The van der Waals surface area contributed by atoms with Crippen LogP contribution in [0, 0.1) is 17.8 Å². The van der Waals surface area contributed by atoms with E-state index in [4.69, 9.17) is 21.1 Å². The van der Waals surface area contributed by atoms with E-state index in [9.17, 15) is 4.79 Å². The molecule has 3 unspecified atom stereocenters. The Hall–Kier alpha value is -1.68. The third kappa shape index (κ3) is 2.60. The number of methoxy groups -OCH3 is 2. The molecule has 21 heavy (non-hydrogen) atoms. The zero-order valence-corrected chi connectivity index (χ0v) is 12.8. The minimum atomic E-state index is 0.0337. The van der Waals surface area contributed by atoms with Crippen molar-refractivity contribution >= 4 is 23.2 Å². The third-order valence-corrected chi connectivity index (χ3v) is 4.64. The molecule has 0 radical (unpaired) electrons. The Bertz CT molecular complexity index is 599. The average molecular weight is 308 g/mol. The van der Waals surface area contributed by atoms with Crippen LogP contribution in [0.1, 0.15) is 12.8 Å². The SMILES string of the molecule is COc1cc(OC)c(NC(=O)C2CC3C=CC2C3)cc1Cl. The lowest BCUT2D eigenvalue weighted by Gasteiger charge is -2.19. The fraction of sp³-hybridized carbons (Fsp3) is 0.438. The highest BCUT2D eigenvalue weighted by Gasteiger charge is 2.39. The van der Waals surface area contributed by atoms with Crippen LogP contribution in [0.2, 0.25) is 5.02 Å². The Balaban J connectivity index is 1.79. The monoisotopic (exact) mass is 307 g/mol. The van der Waals surface area contributed by atoms with Gasteiger partial charge in [-0.2, -0.15) is 0 Å². The van der Waals surface area contributed by atoms with Gasteiger partial charge >= 0.3 is 0 Å². The summed E-state index contributed by atoms with van der Waals surface area (Å²) in [6.07, 6.45) is 6.41. The summed E-state index contributed by atoms with van der Waals surface area (Å²) in [5.74, 6) is 2.08. The van der Waals surface area contributed by atoms with E-state index in [0.717, 1.165) is 12.8 Å². The van der Waals surface area contributed by atoms with Crippen molar-refractivity contribution in [2.24, 2.45) is 17.8 Å². The van der Waals surface area contributed by atoms with E-state index in [1.165, 1.54) is 0 Å². The molecule has 2 aliphatic rings. The molecule has 5 heteroatoms. The Labute approximate surface area is 129 Å². The van der Waals surface area contributed by atoms with Crippen LogP contribution in [-0.2, 0) is 4.79 Å². The highest BCUT2D eigenvalue weighted by atomic mass is 35.5. The lowest BCUT2D eigenvalue weighted by Crippen LogP contribution is -2.26.